The second-order valence-electron chi connectivity index (χ2n) is 3.73. The molecule has 3 heterocycles. The number of pyridine rings is 2. The highest BCUT2D eigenvalue weighted by Gasteiger charge is 2.11. The van der Waals surface area contributed by atoms with Gasteiger partial charge < -0.3 is 0 Å². The van der Waals surface area contributed by atoms with E-state index in [1.165, 1.54) is 0 Å². The molecule has 0 saturated carbocycles. The van der Waals surface area contributed by atoms with Crippen LogP contribution < -0.4 is 0 Å². The van der Waals surface area contributed by atoms with E-state index in [2.05, 4.69) is 16.0 Å². The summed E-state index contributed by atoms with van der Waals surface area (Å²) >= 11 is 6.12. The minimum absolute atomic E-state index is 0.536. The van der Waals surface area contributed by atoms with E-state index >= 15 is 0 Å². The summed E-state index contributed by atoms with van der Waals surface area (Å²) in [5.74, 6) is 0. The largest absolute Gasteiger partial charge is 0.299 e. The molecule has 0 aromatic carbocycles. The molecule has 0 spiro atoms. The average molecular weight is 255 g/mol. The van der Waals surface area contributed by atoms with Crippen molar-refractivity contribution < 1.29 is 0 Å². The molecule has 0 saturated heterocycles. The second-order valence-corrected chi connectivity index (χ2v) is 4.13. The van der Waals surface area contributed by atoms with Crippen molar-refractivity contribution in [2.24, 2.45) is 0 Å². The minimum Gasteiger partial charge on any atom is -0.299 e. The van der Waals surface area contributed by atoms with Crippen LogP contribution in [0.1, 0.15) is 5.56 Å². The van der Waals surface area contributed by atoms with Gasteiger partial charge in [-0.2, -0.15) is 5.26 Å². The number of imidazole rings is 1. The molecule has 0 aliphatic heterocycles. The van der Waals surface area contributed by atoms with Gasteiger partial charge in [0.1, 0.15) is 6.07 Å². The van der Waals surface area contributed by atoms with E-state index in [1.807, 2.05) is 22.7 Å². The molecule has 0 unspecified atom stereocenters. The zero-order valence-corrected chi connectivity index (χ0v) is 9.96. The van der Waals surface area contributed by atoms with Crippen LogP contribution >= 0.6 is 11.6 Å². The van der Waals surface area contributed by atoms with Crippen LogP contribution in [0.4, 0.5) is 0 Å². The lowest BCUT2D eigenvalue weighted by atomic mass is 10.2. The summed E-state index contributed by atoms with van der Waals surface area (Å²) in [6.07, 6.45) is 6.83. The molecule has 0 radical (unpaired) electrons. The fourth-order valence-electron chi connectivity index (χ4n) is 1.88. The molecular weight excluding hydrogens is 248 g/mol. The monoisotopic (exact) mass is 254 g/mol. The van der Waals surface area contributed by atoms with Crippen molar-refractivity contribution >= 4 is 17.2 Å². The molecule has 0 aliphatic carbocycles. The molecule has 3 rings (SSSR count). The maximum absolute atomic E-state index is 9.03. The van der Waals surface area contributed by atoms with Crippen LogP contribution in [0.15, 0.2) is 43.0 Å². The first-order chi connectivity index (χ1) is 8.81. The predicted octanol–water partition coefficient (Wildman–Crippen LogP) is 2.92. The van der Waals surface area contributed by atoms with Gasteiger partial charge >= 0.3 is 0 Å². The van der Waals surface area contributed by atoms with Gasteiger partial charge in [0.05, 0.1) is 22.5 Å². The van der Waals surface area contributed by atoms with E-state index in [0.29, 0.717) is 16.2 Å². The van der Waals surface area contributed by atoms with Crippen LogP contribution in [-0.2, 0) is 0 Å². The number of fused-ring (bicyclic) bond motifs is 1. The molecule has 3 aromatic rings. The Bertz CT molecular complexity index is 770. The van der Waals surface area contributed by atoms with Crippen molar-refractivity contribution in [3.05, 3.63) is 53.6 Å². The predicted molar refractivity (Wildman–Crippen MR) is 68.1 cm³/mol. The fourth-order valence-corrected chi connectivity index (χ4v) is 2.10. The summed E-state index contributed by atoms with van der Waals surface area (Å²) in [7, 11) is 0. The van der Waals surface area contributed by atoms with E-state index < -0.39 is 0 Å². The third-order valence-electron chi connectivity index (χ3n) is 2.70. The van der Waals surface area contributed by atoms with E-state index in [-0.39, 0.29) is 0 Å². The molecule has 3 aromatic heterocycles. The number of hydrogen-bond acceptors (Lipinski definition) is 3. The maximum atomic E-state index is 9.03. The minimum atomic E-state index is 0.536. The smallest absolute Gasteiger partial charge is 0.155 e. The first kappa shape index (κ1) is 10.8. The third kappa shape index (κ3) is 1.53. The Balaban J connectivity index is 2.33. The molecule has 18 heavy (non-hydrogen) atoms. The summed E-state index contributed by atoms with van der Waals surface area (Å²) in [5, 5.41) is 9.59. The molecule has 0 N–H and O–H groups in total. The molecule has 5 heteroatoms. The van der Waals surface area contributed by atoms with E-state index in [1.54, 1.807) is 24.7 Å². The molecule has 86 valence electrons. The average Bonchev–Trinajstić information content (AvgIpc) is 2.83. The highest BCUT2D eigenvalue weighted by atomic mass is 35.5. The van der Waals surface area contributed by atoms with Gasteiger partial charge in [0, 0.05) is 24.2 Å². The van der Waals surface area contributed by atoms with Gasteiger partial charge in [0.2, 0.25) is 0 Å². The first-order valence-electron chi connectivity index (χ1n) is 5.27. The van der Waals surface area contributed by atoms with Crippen LogP contribution in [0.2, 0.25) is 5.02 Å². The fraction of sp³-hybridized carbons (Fsp3) is 0. The highest BCUT2D eigenvalue weighted by molar-refractivity contribution is 6.33. The number of nitriles is 1. The summed E-state index contributed by atoms with van der Waals surface area (Å²) in [6.45, 7) is 0. The summed E-state index contributed by atoms with van der Waals surface area (Å²) in [6, 6.07) is 7.49. The molecule has 0 bridgehead atoms. The van der Waals surface area contributed by atoms with Gasteiger partial charge in [-0.05, 0) is 18.2 Å². The van der Waals surface area contributed by atoms with Crippen molar-refractivity contribution in [3.63, 3.8) is 0 Å². The molecular formula is C13H7ClN4. The maximum Gasteiger partial charge on any atom is 0.155 e. The number of hydrogen-bond donors (Lipinski definition) is 0. The number of halogens is 1. The van der Waals surface area contributed by atoms with Gasteiger partial charge in [-0.15, -0.1) is 0 Å². The topological polar surface area (TPSA) is 54.0 Å². The molecule has 0 fully saturated rings. The Hall–Kier alpha value is -2.38. The van der Waals surface area contributed by atoms with Gasteiger partial charge in [-0.3, -0.25) is 9.38 Å². The highest BCUT2D eigenvalue weighted by Crippen LogP contribution is 2.27. The lowest BCUT2D eigenvalue weighted by Crippen LogP contribution is -1.91. The van der Waals surface area contributed by atoms with Crippen LogP contribution in [0.25, 0.3) is 16.9 Å². The second kappa shape index (κ2) is 4.13. The van der Waals surface area contributed by atoms with Crippen molar-refractivity contribution in [1.82, 2.24) is 14.4 Å². The van der Waals surface area contributed by atoms with Gasteiger partial charge in [-0.25, -0.2) is 4.98 Å². The number of nitrogens with zero attached hydrogens (tertiary/aromatic N) is 4. The summed E-state index contributed by atoms with van der Waals surface area (Å²) < 4.78 is 1.85. The molecule has 4 nitrogen and oxygen atoms in total. The van der Waals surface area contributed by atoms with E-state index in [9.17, 15) is 0 Å². The number of aromatic nitrogens is 3. The Morgan fingerprint density at radius 3 is 2.94 bits per heavy atom. The zero-order chi connectivity index (χ0) is 12.5. The Morgan fingerprint density at radius 2 is 2.17 bits per heavy atom. The van der Waals surface area contributed by atoms with Crippen molar-refractivity contribution in [2.45, 2.75) is 0 Å². The molecule has 0 aliphatic rings. The van der Waals surface area contributed by atoms with Crippen LogP contribution in [0, 0.1) is 11.3 Å². The zero-order valence-electron chi connectivity index (χ0n) is 9.21. The standard InChI is InChI=1S/C13H7ClN4/c14-11-7-16-4-3-10(11)12-8-17-13-9(6-15)2-1-5-18(12)13/h1-5,7-8H. The van der Waals surface area contributed by atoms with E-state index in [4.69, 9.17) is 16.9 Å². The van der Waals surface area contributed by atoms with Gasteiger partial charge in [-0.1, -0.05) is 11.6 Å². The van der Waals surface area contributed by atoms with E-state index in [0.717, 1.165) is 11.3 Å². The van der Waals surface area contributed by atoms with Gasteiger partial charge in [0.15, 0.2) is 5.65 Å². The molecule has 0 atom stereocenters. The summed E-state index contributed by atoms with van der Waals surface area (Å²) in [5.41, 5.74) is 2.85. The van der Waals surface area contributed by atoms with Crippen LogP contribution in [0.5, 0.6) is 0 Å². The SMILES string of the molecule is N#Cc1cccn2c(-c3ccncc3Cl)cnc12. The Kier molecular flexibility index (Phi) is 2.47. The Labute approximate surface area is 108 Å². The quantitative estimate of drug-likeness (QED) is 0.671. The Morgan fingerprint density at radius 1 is 1.28 bits per heavy atom. The summed E-state index contributed by atoms with van der Waals surface area (Å²) in [4.78, 5) is 8.22. The molecule has 0 amide bonds. The van der Waals surface area contributed by atoms with Crippen LogP contribution in [-0.4, -0.2) is 14.4 Å². The first-order valence-corrected chi connectivity index (χ1v) is 5.65. The van der Waals surface area contributed by atoms with Crippen molar-refractivity contribution in [3.8, 4) is 17.3 Å². The lowest BCUT2D eigenvalue weighted by Gasteiger charge is -2.03. The number of rotatable bonds is 1. The van der Waals surface area contributed by atoms with Gasteiger partial charge in [0.25, 0.3) is 0 Å². The normalized spacial score (nSPS) is 10.4. The van der Waals surface area contributed by atoms with Crippen molar-refractivity contribution in [2.75, 3.05) is 0 Å². The van der Waals surface area contributed by atoms with Crippen LogP contribution in [0.3, 0.4) is 0 Å². The third-order valence-corrected chi connectivity index (χ3v) is 3.01. The van der Waals surface area contributed by atoms with Crippen molar-refractivity contribution in [1.29, 1.82) is 5.26 Å². The lowest BCUT2D eigenvalue weighted by molar-refractivity contribution is 1.18.